The summed E-state index contributed by atoms with van der Waals surface area (Å²) in [6, 6.07) is 2.97. The average molecular weight is 208 g/mol. The van der Waals surface area contributed by atoms with Gasteiger partial charge in [-0.1, -0.05) is 0 Å². The van der Waals surface area contributed by atoms with Gasteiger partial charge in [-0.25, -0.2) is 13.8 Å². The Morgan fingerprint density at radius 1 is 1.27 bits per heavy atom. The molecule has 1 N–H and O–H groups in total. The standard InChI is InChI=1S/C10H6F2N2O/c11-7-2-1-6(5-8(7)12)9(15)10-13-3-4-14-10/h1-5H,(H,13,14). The molecule has 15 heavy (non-hydrogen) atoms. The van der Waals surface area contributed by atoms with Gasteiger partial charge in [0, 0.05) is 18.0 Å². The molecule has 2 rings (SSSR count). The topological polar surface area (TPSA) is 45.8 Å². The van der Waals surface area contributed by atoms with Crippen LogP contribution in [0.25, 0.3) is 0 Å². The van der Waals surface area contributed by atoms with E-state index in [-0.39, 0.29) is 11.4 Å². The van der Waals surface area contributed by atoms with Crippen LogP contribution in [0.4, 0.5) is 8.78 Å². The van der Waals surface area contributed by atoms with Gasteiger partial charge in [0.25, 0.3) is 0 Å². The minimum Gasteiger partial charge on any atom is -0.342 e. The SMILES string of the molecule is O=C(c1ccc(F)c(F)c1)c1ncc[nH]1. The number of halogens is 2. The largest absolute Gasteiger partial charge is 0.342 e. The lowest BCUT2D eigenvalue weighted by atomic mass is 10.1. The van der Waals surface area contributed by atoms with Crippen molar-refractivity contribution in [1.82, 2.24) is 9.97 Å². The van der Waals surface area contributed by atoms with E-state index in [9.17, 15) is 13.6 Å². The molecule has 1 heterocycles. The fraction of sp³-hybridized carbons (Fsp3) is 0. The number of ketones is 1. The Balaban J connectivity index is 2.39. The molecule has 1 aromatic carbocycles. The molecule has 5 heteroatoms. The molecule has 0 aliphatic rings. The number of aromatic amines is 1. The molecule has 0 spiro atoms. The molecule has 0 amide bonds. The normalized spacial score (nSPS) is 10.3. The van der Waals surface area contributed by atoms with Gasteiger partial charge in [0.15, 0.2) is 17.5 Å². The van der Waals surface area contributed by atoms with Crippen molar-refractivity contribution in [2.75, 3.05) is 0 Å². The van der Waals surface area contributed by atoms with Gasteiger partial charge in [0.05, 0.1) is 0 Å². The van der Waals surface area contributed by atoms with Gasteiger partial charge in [-0.3, -0.25) is 4.79 Å². The molecule has 0 aliphatic carbocycles. The summed E-state index contributed by atoms with van der Waals surface area (Å²) < 4.78 is 25.4. The monoisotopic (exact) mass is 208 g/mol. The van der Waals surface area contributed by atoms with Crippen molar-refractivity contribution < 1.29 is 13.6 Å². The molecule has 2 aromatic rings. The van der Waals surface area contributed by atoms with Crippen molar-refractivity contribution in [2.24, 2.45) is 0 Å². The van der Waals surface area contributed by atoms with E-state index in [2.05, 4.69) is 9.97 Å². The Kier molecular flexibility index (Phi) is 2.29. The lowest BCUT2D eigenvalue weighted by Crippen LogP contribution is -2.04. The van der Waals surface area contributed by atoms with E-state index in [1.165, 1.54) is 18.5 Å². The van der Waals surface area contributed by atoms with Crippen LogP contribution in [-0.2, 0) is 0 Å². The number of carbonyl (C=O) groups is 1. The predicted octanol–water partition coefficient (Wildman–Crippen LogP) is 1.92. The smallest absolute Gasteiger partial charge is 0.228 e. The first-order valence-corrected chi connectivity index (χ1v) is 4.17. The summed E-state index contributed by atoms with van der Waals surface area (Å²) in [7, 11) is 0. The van der Waals surface area contributed by atoms with Crippen molar-refractivity contribution in [1.29, 1.82) is 0 Å². The van der Waals surface area contributed by atoms with E-state index in [0.29, 0.717) is 0 Å². The van der Waals surface area contributed by atoms with Crippen LogP contribution >= 0.6 is 0 Å². The lowest BCUT2D eigenvalue weighted by Gasteiger charge is -1.98. The first-order chi connectivity index (χ1) is 7.18. The van der Waals surface area contributed by atoms with Crippen LogP contribution in [0.1, 0.15) is 16.2 Å². The van der Waals surface area contributed by atoms with Gasteiger partial charge < -0.3 is 4.98 Å². The van der Waals surface area contributed by atoms with E-state index in [1.54, 1.807) is 0 Å². The Bertz CT molecular complexity index is 494. The minimum atomic E-state index is -1.05. The van der Waals surface area contributed by atoms with Crippen LogP contribution in [0.5, 0.6) is 0 Å². The van der Waals surface area contributed by atoms with E-state index in [1.807, 2.05) is 0 Å². The van der Waals surface area contributed by atoms with Gasteiger partial charge in [-0.2, -0.15) is 0 Å². The van der Waals surface area contributed by atoms with Crippen LogP contribution < -0.4 is 0 Å². The van der Waals surface area contributed by atoms with Gasteiger partial charge >= 0.3 is 0 Å². The minimum absolute atomic E-state index is 0.0591. The van der Waals surface area contributed by atoms with Crippen molar-refractivity contribution in [3.63, 3.8) is 0 Å². The van der Waals surface area contributed by atoms with E-state index >= 15 is 0 Å². The third-order valence-electron chi connectivity index (χ3n) is 1.90. The Morgan fingerprint density at radius 3 is 2.67 bits per heavy atom. The molecule has 0 saturated carbocycles. The second-order valence-electron chi connectivity index (χ2n) is 2.90. The molecule has 76 valence electrons. The number of hydrogen-bond acceptors (Lipinski definition) is 2. The second kappa shape index (κ2) is 3.61. The van der Waals surface area contributed by atoms with Crippen molar-refractivity contribution in [3.8, 4) is 0 Å². The molecule has 3 nitrogen and oxygen atoms in total. The highest BCUT2D eigenvalue weighted by Gasteiger charge is 2.13. The number of carbonyl (C=O) groups excluding carboxylic acids is 1. The van der Waals surface area contributed by atoms with E-state index < -0.39 is 17.4 Å². The van der Waals surface area contributed by atoms with Crippen LogP contribution in [0.15, 0.2) is 30.6 Å². The zero-order valence-corrected chi connectivity index (χ0v) is 7.50. The summed E-state index contributed by atoms with van der Waals surface area (Å²) in [5, 5.41) is 0. The number of benzene rings is 1. The number of rotatable bonds is 2. The maximum atomic E-state index is 12.8. The molecular formula is C10H6F2N2O. The van der Waals surface area contributed by atoms with Gasteiger partial charge in [-0.15, -0.1) is 0 Å². The number of nitrogens with zero attached hydrogens (tertiary/aromatic N) is 1. The summed E-state index contributed by atoms with van der Waals surface area (Å²) in [5.74, 6) is -2.40. The maximum Gasteiger partial charge on any atom is 0.228 e. The number of nitrogens with one attached hydrogen (secondary N) is 1. The summed E-state index contributed by atoms with van der Waals surface area (Å²) in [6.45, 7) is 0. The zero-order chi connectivity index (χ0) is 10.8. The molecule has 0 fully saturated rings. The molecule has 0 atom stereocenters. The fourth-order valence-corrected chi connectivity index (χ4v) is 1.16. The summed E-state index contributed by atoms with van der Waals surface area (Å²) in [4.78, 5) is 17.9. The summed E-state index contributed by atoms with van der Waals surface area (Å²) in [5.41, 5.74) is 0.0591. The van der Waals surface area contributed by atoms with Gasteiger partial charge in [-0.05, 0) is 18.2 Å². The lowest BCUT2D eigenvalue weighted by molar-refractivity contribution is 0.103. The Morgan fingerprint density at radius 2 is 2.07 bits per heavy atom. The van der Waals surface area contributed by atoms with Crippen LogP contribution in [0.2, 0.25) is 0 Å². The zero-order valence-electron chi connectivity index (χ0n) is 7.50. The van der Waals surface area contributed by atoms with Crippen molar-refractivity contribution in [2.45, 2.75) is 0 Å². The molecule has 0 aliphatic heterocycles. The second-order valence-corrected chi connectivity index (χ2v) is 2.90. The van der Waals surface area contributed by atoms with Gasteiger partial charge in [0.1, 0.15) is 0 Å². The maximum absolute atomic E-state index is 12.8. The fourth-order valence-electron chi connectivity index (χ4n) is 1.16. The predicted molar refractivity (Wildman–Crippen MR) is 48.4 cm³/mol. The first-order valence-electron chi connectivity index (χ1n) is 4.17. The van der Waals surface area contributed by atoms with E-state index in [0.717, 1.165) is 12.1 Å². The highest BCUT2D eigenvalue weighted by molar-refractivity contribution is 6.06. The quantitative estimate of drug-likeness (QED) is 0.766. The highest BCUT2D eigenvalue weighted by Crippen LogP contribution is 2.11. The van der Waals surface area contributed by atoms with Crippen LogP contribution in [-0.4, -0.2) is 15.8 Å². The Labute approximate surface area is 83.8 Å². The summed E-state index contributed by atoms with van der Waals surface area (Å²) >= 11 is 0. The highest BCUT2D eigenvalue weighted by atomic mass is 19.2. The van der Waals surface area contributed by atoms with Crippen LogP contribution in [0, 0.1) is 11.6 Å². The molecule has 0 radical (unpaired) electrons. The Hall–Kier alpha value is -2.04. The molecule has 0 saturated heterocycles. The summed E-state index contributed by atoms with van der Waals surface area (Å²) in [6.07, 6.45) is 2.89. The number of imidazole rings is 1. The van der Waals surface area contributed by atoms with Crippen LogP contribution in [0.3, 0.4) is 0 Å². The number of hydrogen-bond donors (Lipinski definition) is 1. The number of aromatic nitrogens is 2. The third-order valence-corrected chi connectivity index (χ3v) is 1.90. The van der Waals surface area contributed by atoms with E-state index in [4.69, 9.17) is 0 Å². The average Bonchev–Trinajstić information content (AvgIpc) is 2.74. The molecule has 0 unspecified atom stereocenters. The van der Waals surface area contributed by atoms with Crippen molar-refractivity contribution in [3.05, 3.63) is 53.6 Å². The number of H-pyrrole nitrogens is 1. The third kappa shape index (κ3) is 1.76. The first kappa shape index (κ1) is 9.51. The molecule has 1 aromatic heterocycles. The van der Waals surface area contributed by atoms with Crippen molar-refractivity contribution >= 4 is 5.78 Å². The van der Waals surface area contributed by atoms with Gasteiger partial charge in [0.2, 0.25) is 5.78 Å². The molecular weight excluding hydrogens is 202 g/mol. The molecule has 0 bridgehead atoms.